The maximum Gasteiger partial charge on any atom is 0.536 e. The smallest absolute Gasteiger partial charge is 0.373 e. The average molecular weight is 226 g/mol. The molecule has 3 nitrogen and oxygen atoms in total. The van der Waals surface area contributed by atoms with Crippen LogP contribution < -0.4 is 5.19 Å². The highest BCUT2D eigenvalue weighted by Gasteiger charge is 2.43. The van der Waals surface area contributed by atoms with Gasteiger partial charge in [0.2, 0.25) is 0 Å². The fraction of sp³-hybridized carbons (Fsp3) is 0.455. The summed E-state index contributed by atoms with van der Waals surface area (Å²) in [6.45, 7) is 4.09. The number of hydrogen-bond donors (Lipinski definition) is 0. The molecule has 0 unspecified atom stereocenters. The van der Waals surface area contributed by atoms with E-state index in [1.165, 1.54) is 0 Å². The third-order valence-corrected chi connectivity index (χ3v) is 5.61. The lowest BCUT2D eigenvalue weighted by Gasteiger charge is -2.27. The first-order valence-electron chi connectivity index (χ1n) is 4.83. The predicted molar refractivity (Wildman–Crippen MR) is 62.3 cm³/mol. The molecule has 0 saturated heterocycles. The molecule has 0 bridgehead atoms. The van der Waals surface area contributed by atoms with Crippen LogP contribution in [0.1, 0.15) is 11.1 Å². The van der Waals surface area contributed by atoms with Crippen LogP contribution in [-0.2, 0) is 13.3 Å². The third kappa shape index (κ3) is 2.13. The van der Waals surface area contributed by atoms with E-state index in [0.717, 1.165) is 16.3 Å². The van der Waals surface area contributed by atoms with Crippen LogP contribution in [0.4, 0.5) is 0 Å². The van der Waals surface area contributed by atoms with Crippen molar-refractivity contribution >= 4 is 14.0 Å². The Labute approximate surface area is 92.3 Å². The van der Waals surface area contributed by atoms with E-state index in [9.17, 15) is 0 Å². The number of rotatable bonds is 4. The van der Waals surface area contributed by atoms with Gasteiger partial charge in [-0.05, 0) is 25.0 Å². The molecule has 0 spiro atoms. The Kier molecular flexibility index (Phi) is 4.04. The number of benzene rings is 1. The van der Waals surface area contributed by atoms with Crippen molar-refractivity contribution in [2.75, 3.05) is 21.3 Å². The average Bonchev–Trinajstić information content (AvgIpc) is 2.24. The van der Waals surface area contributed by atoms with Crippen molar-refractivity contribution in [1.29, 1.82) is 0 Å². The minimum Gasteiger partial charge on any atom is -0.373 e. The lowest BCUT2D eigenvalue weighted by atomic mass is 10.2. The highest BCUT2D eigenvalue weighted by atomic mass is 28.4. The summed E-state index contributed by atoms with van der Waals surface area (Å²) in [6.07, 6.45) is 0. The van der Waals surface area contributed by atoms with Crippen LogP contribution in [-0.4, -0.2) is 30.1 Å². The minimum absolute atomic E-state index is 1.07. The van der Waals surface area contributed by atoms with E-state index in [1.807, 2.05) is 32.0 Å². The van der Waals surface area contributed by atoms with Crippen molar-refractivity contribution in [3.63, 3.8) is 0 Å². The zero-order valence-electron chi connectivity index (χ0n) is 9.96. The Bertz CT molecular complexity index is 306. The maximum atomic E-state index is 5.48. The van der Waals surface area contributed by atoms with Crippen molar-refractivity contribution in [2.24, 2.45) is 0 Å². The van der Waals surface area contributed by atoms with Crippen LogP contribution in [0.2, 0.25) is 0 Å². The van der Waals surface area contributed by atoms with E-state index in [1.54, 1.807) is 21.3 Å². The Morgan fingerprint density at radius 1 is 0.867 bits per heavy atom. The van der Waals surface area contributed by atoms with Crippen LogP contribution in [0.25, 0.3) is 0 Å². The molecule has 0 atom stereocenters. The topological polar surface area (TPSA) is 27.7 Å². The summed E-state index contributed by atoms with van der Waals surface area (Å²) >= 11 is 0. The zero-order valence-corrected chi connectivity index (χ0v) is 11.0. The fourth-order valence-electron chi connectivity index (χ4n) is 1.85. The molecule has 1 aromatic rings. The Morgan fingerprint density at radius 3 is 1.60 bits per heavy atom. The highest BCUT2D eigenvalue weighted by molar-refractivity contribution is 6.76. The molecule has 0 aliphatic carbocycles. The van der Waals surface area contributed by atoms with Gasteiger partial charge in [0.15, 0.2) is 0 Å². The molecular formula is C11H18O3Si. The quantitative estimate of drug-likeness (QED) is 0.726. The highest BCUT2D eigenvalue weighted by Crippen LogP contribution is 2.12. The molecule has 0 aliphatic heterocycles. The molecular weight excluding hydrogens is 208 g/mol. The molecule has 0 heterocycles. The fourth-order valence-corrected chi connectivity index (χ4v) is 4.10. The molecule has 1 aromatic carbocycles. The molecule has 0 saturated carbocycles. The van der Waals surface area contributed by atoms with Gasteiger partial charge >= 0.3 is 8.80 Å². The summed E-state index contributed by atoms with van der Waals surface area (Å²) in [6, 6.07) is 6.11. The van der Waals surface area contributed by atoms with E-state index in [4.69, 9.17) is 13.3 Å². The lowest BCUT2D eigenvalue weighted by Crippen LogP contribution is -2.56. The molecule has 84 valence electrons. The molecule has 1 rings (SSSR count). The van der Waals surface area contributed by atoms with Gasteiger partial charge in [-0.3, -0.25) is 0 Å². The van der Waals surface area contributed by atoms with Gasteiger partial charge in [0.1, 0.15) is 0 Å². The van der Waals surface area contributed by atoms with Crippen molar-refractivity contribution in [1.82, 2.24) is 0 Å². The summed E-state index contributed by atoms with van der Waals surface area (Å²) in [5, 5.41) is 1.07. The summed E-state index contributed by atoms with van der Waals surface area (Å²) < 4.78 is 16.4. The van der Waals surface area contributed by atoms with E-state index in [2.05, 4.69) is 0 Å². The second kappa shape index (κ2) is 4.89. The summed E-state index contributed by atoms with van der Waals surface area (Å²) in [5.74, 6) is 0. The maximum absolute atomic E-state index is 5.48. The van der Waals surface area contributed by atoms with Crippen LogP contribution in [0, 0.1) is 13.8 Å². The standard InChI is InChI=1S/C11H18O3Si/c1-9-7-6-8-10(2)11(9)15(12-3,13-4)14-5/h6-8H,1-5H3. The van der Waals surface area contributed by atoms with Crippen molar-refractivity contribution in [2.45, 2.75) is 13.8 Å². The van der Waals surface area contributed by atoms with Crippen molar-refractivity contribution < 1.29 is 13.3 Å². The number of aryl methyl sites for hydroxylation is 2. The first-order chi connectivity index (χ1) is 7.11. The van der Waals surface area contributed by atoms with Crippen LogP contribution in [0.3, 0.4) is 0 Å². The second-order valence-electron chi connectivity index (χ2n) is 3.44. The predicted octanol–water partition coefficient (Wildman–Crippen LogP) is 1.39. The van der Waals surface area contributed by atoms with Gasteiger partial charge < -0.3 is 13.3 Å². The molecule has 0 amide bonds. The molecule has 0 radical (unpaired) electrons. The van der Waals surface area contributed by atoms with Gasteiger partial charge in [0, 0.05) is 26.5 Å². The normalized spacial score (nSPS) is 11.8. The zero-order chi connectivity index (χ0) is 11.5. The van der Waals surface area contributed by atoms with E-state index in [0.29, 0.717) is 0 Å². The first-order valence-corrected chi connectivity index (χ1v) is 6.56. The molecule has 15 heavy (non-hydrogen) atoms. The molecule has 0 aromatic heterocycles. The van der Waals surface area contributed by atoms with Gasteiger partial charge in [0.05, 0.1) is 0 Å². The largest absolute Gasteiger partial charge is 0.536 e. The summed E-state index contributed by atoms with van der Waals surface area (Å²) in [4.78, 5) is 0. The molecule has 4 heteroatoms. The van der Waals surface area contributed by atoms with Crippen molar-refractivity contribution in [3.8, 4) is 0 Å². The Hall–Kier alpha value is -0.683. The van der Waals surface area contributed by atoms with Crippen LogP contribution in [0.5, 0.6) is 0 Å². The second-order valence-corrected chi connectivity index (χ2v) is 6.27. The monoisotopic (exact) mass is 226 g/mol. The summed E-state index contributed by atoms with van der Waals surface area (Å²) in [7, 11) is 2.21. The molecule has 0 N–H and O–H groups in total. The van der Waals surface area contributed by atoms with E-state index in [-0.39, 0.29) is 0 Å². The van der Waals surface area contributed by atoms with Crippen molar-refractivity contribution in [3.05, 3.63) is 29.3 Å². The van der Waals surface area contributed by atoms with Crippen LogP contribution in [0.15, 0.2) is 18.2 Å². The van der Waals surface area contributed by atoms with Gasteiger partial charge in [-0.2, -0.15) is 0 Å². The van der Waals surface area contributed by atoms with Gasteiger partial charge in [-0.15, -0.1) is 0 Å². The first kappa shape index (κ1) is 12.4. The Morgan fingerprint density at radius 2 is 1.27 bits per heavy atom. The molecule has 0 fully saturated rings. The Balaban J connectivity index is 3.34. The minimum atomic E-state index is -2.68. The number of hydrogen-bond acceptors (Lipinski definition) is 3. The lowest BCUT2D eigenvalue weighted by molar-refractivity contribution is 0.140. The van der Waals surface area contributed by atoms with E-state index >= 15 is 0 Å². The van der Waals surface area contributed by atoms with Gasteiger partial charge in [-0.25, -0.2) is 0 Å². The third-order valence-electron chi connectivity index (χ3n) is 2.59. The van der Waals surface area contributed by atoms with E-state index < -0.39 is 8.80 Å². The SMILES string of the molecule is CO[Si](OC)(OC)c1c(C)cccc1C. The molecule has 0 aliphatic rings. The summed E-state index contributed by atoms with van der Waals surface area (Å²) in [5.41, 5.74) is 2.29. The van der Waals surface area contributed by atoms with Gasteiger partial charge in [-0.1, -0.05) is 18.2 Å². The van der Waals surface area contributed by atoms with Gasteiger partial charge in [0.25, 0.3) is 0 Å². The van der Waals surface area contributed by atoms with Crippen LogP contribution >= 0.6 is 0 Å².